The number of amides is 5. The van der Waals surface area contributed by atoms with Crippen LogP contribution >= 0.6 is 0 Å². The highest BCUT2D eigenvalue weighted by Crippen LogP contribution is 2.31. The Morgan fingerprint density at radius 1 is 0.745 bits per heavy atom. The molecular formula is C36H56N6O9. The van der Waals surface area contributed by atoms with Gasteiger partial charge in [0.1, 0.15) is 25.3 Å². The van der Waals surface area contributed by atoms with E-state index in [9.17, 15) is 19.2 Å². The number of nitrogens with one attached hydrogen (secondary N) is 1. The van der Waals surface area contributed by atoms with Gasteiger partial charge in [0.05, 0.1) is 25.3 Å². The number of urea groups is 2. The molecule has 4 heterocycles. The van der Waals surface area contributed by atoms with E-state index >= 15 is 0 Å². The lowest BCUT2D eigenvalue weighted by Gasteiger charge is -2.28. The first-order chi connectivity index (χ1) is 23.8. The lowest BCUT2D eigenvalue weighted by Crippen LogP contribution is -2.49. The van der Waals surface area contributed by atoms with E-state index in [0.717, 1.165) is 30.4 Å². The molecule has 51 heavy (non-hydrogen) atoms. The molecule has 4 saturated heterocycles. The van der Waals surface area contributed by atoms with Gasteiger partial charge in [0.15, 0.2) is 0 Å². The summed E-state index contributed by atoms with van der Waals surface area (Å²) in [5.41, 5.74) is 4.42. The number of benzene rings is 2. The molecule has 4 bridgehead atoms. The smallest absolute Gasteiger partial charge is 0.345 e. The summed E-state index contributed by atoms with van der Waals surface area (Å²) in [6.07, 6.45) is 4.31. The molecule has 2 aromatic carbocycles. The summed E-state index contributed by atoms with van der Waals surface area (Å²) in [6.45, 7) is 6.70. The number of nitrogens with zero attached hydrogens (tertiary/aromatic N) is 4. The number of fused-ring (bicyclic) bond motifs is 4. The van der Waals surface area contributed by atoms with E-state index in [-0.39, 0.29) is 44.9 Å². The molecule has 4 N–H and O–H groups in total. The van der Waals surface area contributed by atoms with Crippen molar-refractivity contribution in [3.63, 3.8) is 0 Å². The van der Waals surface area contributed by atoms with Crippen LogP contribution in [0, 0.1) is 0 Å². The van der Waals surface area contributed by atoms with Crippen molar-refractivity contribution < 1.29 is 43.6 Å². The van der Waals surface area contributed by atoms with Crippen molar-refractivity contribution in [1.29, 1.82) is 0 Å². The van der Waals surface area contributed by atoms with Crippen molar-refractivity contribution in [3.8, 4) is 0 Å². The zero-order chi connectivity index (χ0) is 35.2. The third kappa shape index (κ3) is 11.6. The molecule has 0 unspecified atom stereocenters. The third-order valence-electron chi connectivity index (χ3n) is 8.46. The first-order valence-corrected chi connectivity index (χ1v) is 16.8. The molecule has 2 aromatic rings. The minimum Gasteiger partial charge on any atom is -0.480 e. The number of hydrogen-bond donors (Lipinski definition) is 3. The minimum absolute atomic E-state index is 0. The van der Waals surface area contributed by atoms with Gasteiger partial charge in [-0.05, 0) is 49.7 Å². The predicted molar refractivity (Wildman–Crippen MR) is 190 cm³/mol. The highest BCUT2D eigenvalue weighted by molar-refractivity contribution is 5.88. The summed E-state index contributed by atoms with van der Waals surface area (Å²) in [7, 11) is 0. The van der Waals surface area contributed by atoms with Gasteiger partial charge in [0, 0.05) is 13.1 Å². The Morgan fingerprint density at radius 3 is 1.61 bits per heavy atom. The molecule has 0 radical (unpaired) electrons. The fourth-order valence-corrected chi connectivity index (χ4v) is 5.97. The molecule has 15 heteroatoms. The first kappa shape index (κ1) is 42.9. The number of piperidine rings is 2. The number of carboxylic acid groups (broad SMARTS) is 1. The minimum atomic E-state index is -0.943. The van der Waals surface area contributed by atoms with Gasteiger partial charge in [-0.1, -0.05) is 89.4 Å². The second-order valence-electron chi connectivity index (χ2n) is 12.1. The van der Waals surface area contributed by atoms with E-state index in [1.807, 2.05) is 74.5 Å². The maximum atomic E-state index is 12.6. The van der Waals surface area contributed by atoms with Crippen LogP contribution in [0.25, 0.3) is 0 Å². The van der Waals surface area contributed by atoms with E-state index in [2.05, 4.69) is 16.2 Å². The zero-order valence-corrected chi connectivity index (χ0v) is 28.1. The van der Waals surface area contributed by atoms with Crippen molar-refractivity contribution in [3.05, 3.63) is 71.8 Å². The highest BCUT2D eigenvalue weighted by Gasteiger charge is 2.49. The Morgan fingerprint density at radius 2 is 1.20 bits per heavy atom. The summed E-state index contributed by atoms with van der Waals surface area (Å²) < 4.78 is 0. The van der Waals surface area contributed by atoms with Gasteiger partial charge >= 0.3 is 18.0 Å². The van der Waals surface area contributed by atoms with Crippen LogP contribution in [-0.2, 0) is 42.2 Å². The molecule has 0 aliphatic carbocycles. The molecule has 5 amide bonds. The highest BCUT2D eigenvalue weighted by atomic mass is 16.7. The third-order valence-corrected chi connectivity index (χ3v) is 8.46. The van der Waals surface area contributed by atoms with Crippen molar-refractivity contribution in [1.82, 2.24) is 25.4 Å². The van der Waals surface area contributed by atoms with E-state index in [0.29, 0.717) is 58.8 Å². The molecule has 4 aliphatic heterocycles. The van der Waals surface area contributed by atoms with Crippen LogP contribution in [0.1, 0.15) is 78.4 Å². The lowest BCUT2D eigenvalue weighted by molar-refractivity contribution is -0.143. The molecule has 6 rings (SSSR count). The van der Waals surface area contributed by atoms with Gasteiger partial charge in [-0.2, -0.15) is 10.1 Å². The van der Waals surface area contributed by atoms with Gasteiger partial charge in [0.2, 0.25) is 0 Å². The Bertz CT molecular complexity index is 1350. The molecule has 284 valence electrons. The molecule has 0 saturated carbocycles. The monoisotopic (exact) mass is 716 g/mol. The van der Waals surface area contributed by atoms with E-state index in [4.69, 9.17) is 19.6 Å². The predicted octanol–water partition coefficient (Wildman–Crippen LogP) is 4.87. The van der Waals surface area contributed by atoms with Gasteiger partial charge in [-0.25, -0.2) is 25.8 Å². The van der Waals surface area contributed by atoms with E-state index in [1.54, 1.807) is 4.90 Å². The number of aliphatic carboxylic acids is 1. The number of carbonyl (C=O) groups excluding carboxylic acids is 3. The topological polar surface area (TPSA) is 176 Å². The molecule has 4 fully saturated rings. The standard InChI is InChI=1S/C17H23N3O4.C14H16N2O4.C3H9NO.2CH4/c1-2-10-23-18-16(21)15-9-8-14-11-19(15)17(22)20(14)24-12-13-6-4-3-5-7-13;17-13(18)12-7-6-11-8-15(12)14(19)16(11)20-9-10-4-2-1-3-5-10;1-2-3-5-4;;/h3-7,14-15H,2,8-12H2,1H3,(H,18,21);1-5,11-12H,6-9H2,(H,17,18);2-4H2,1H3;2*1H4/t14-,15+;11-,12+;;;/m11.../s1. The number of nitrogens with two attached hydrogens (primary N) is 1. The van der Waals surface area contributed by atoms with Gasteiger partial charge in [0.25, 0.3) is 5.91 Å². The molecule has 4 atom stereocenters. The Balaban J connectivity index is 0.000000305. The maximum Gasteiger partial charge on any atom is 0.345 e. The van der Waals surface area contributed by atoms with Crippen molar-refractivity contribution in [2.75, 3.05) is 26.3 Å². The van der Waals surface area contributed by atoms with Crippen LogP contribution in [0.15, 0.2) is 60.7 Å². The normalized spacial score (nSPS) is 21.4. The Labute approximate surface area is 301 Å². The zero-order valence-electron chi connectivity index (χ0n) is 28.1. The number of hydrogen-bond acceptors (Lipinski definition) is 9. The second kappa shape index (κ2) is 21.8. The first-order valence-electron chi connectivity index (χ1n) is 16.8. The second-order valence-corrected chi connectivity index (χ2v) is 12.1. The largest absolute Gasteiger partial charge is 0.480 e. The maximum absolute atomic E-state index is 12.6. The van der Waals surface area contributed by atoms with Crippen LogP contribution in [0.2, 0.25) is 0 Å². The quantitative estimate of drug-likeness (QED) is 0.191. The van der Waals surface area contributed by atoms with Crippen molar-refractivity contribution in [2.24, 2.45) is 5.90 Å². The Hall–Kier alpha value is -4.28. The molecule has 0 aromatic heterocycles. The summed E-state index contributed by atoms with van der Waals surface area (Å²) >= 11 is 0. The van der Waals surface area contributed by atoms with E-state index < -0.39 is 18.1 Å². The van der Waals surface area contributed by atoms with Crippen LogP contribution in [-0.4, -0.2) is 99.4 Å². The van der Waals surface area contributed by atoms with Gasteiger partial charge in [-0.15, -0.1) is 0 Å². The van der Waals surface area contributed by atoms with Crippen LogP contribution < -0.4 is 11.4 Å². The summed E-state index contributed by atoms with van der Waals surface area (Å²) in [5.74, 6) is 3.43. The SMILES string of the molecule is C.C.CCCON.CCCONC(=O)[C@@H]1CC[C@@H]2CN1C(=O)N2OCc1ccccc1.O=C(O)[C@@H]1CC[C@@H]2CN1C(=O)N2OCc1ccccc1. The van der Waals surface area contributed by atoms with Crippen LogP contribution in [0.3, 0.4) is 0 Å². The molecule has 4 aliphatic rings. The number of rotatable bonds is 13. The van der Waals surface area contributed by atoms with Crippen LogP contribution in [0.5, 0.6) is 0 Å². The van der Waals surface area contributed by atoms with Crippen molar-refractivity contribution >= 4 is 23.9 Å². The van der Waals surface area contributed by atoms with Gasteiger partial charge in [-0.3, -0.25) is 19.3 Å². The average molecular weight is 717 g/mol. The fraction of sp³-hybridized carbons (Fsp3) is 0.556. The van der Waals surface area contributed by atoms with Crippen LogP contribution in [0.4, 0.5) is 9.59 Å². The fourth-order valence-electron chi connectivity index (χ4n) is 5.97. The molecule has 15 nitrogen and oxygen atoms in total. The average Bonchev–Trinajstić information content (AvgIpc) is 3.50. The number of carboxylic acids is 1. The summed E-state index contributed by atoms with van der Waals surface area (Å²) in [6, 6.07) is 17.5. The number of carbonyl (C=O) groups is 4. The number of hydroxylamine groups is 5. The lowest BCUT2D eigenvalue weighted by atomic mass is 10.0. The summed E-state index contributed by atoms with van der Waals surface area (Å²) in [5, 5.41) is 11.9. The van der Waals surface area contributed by atoms with Gasteiger partial charge < -0.3 is 19.7 Å². The van der Waals surface area contributed by atoms with Crippen molar-refractivity contribution in [2.45, 2.75) is 105 Å². The molecule has 0 spiro atoms. The van der Waals surface area contributed by atoms with E-state index in [1.165, 1.54) is 15.0 Å². The Kier molecular flexibility index (Phi) is 18.4. The molecular weight excluding hydrogens is 660 g/mol. The summed E-state index contributed by atoms with van der Waals surface area (Å²) in [4.78, 5) is 71.6.